The number of aryl methyl sites for hydroxylation is 1. The maximum atomic E-state index is 4.07. The third-order valence-corrected chi connectivity index (χ3v) is 3.89. The van der Waals surface area contributed by atoms with Gasteiger partial charge in [-0.1, -0.05) is 25.1 Å². The average Bonchev–Trinajstić information content (AvgIpc) is 2.83. The number of fused-ring (bicyclic) bond motifs is 1. The first-order valence-electron chi connectivity index (χ1n) is 7.11. The molecule has 1 aliphatic carbocycles. The Kier molecular flexibility index (Phi) is 3.60. The maximum Gasteiger partial charge on any atom is 0.0326 e. The average molecular weight is 252 g/mol. The van der Waals surface area contributed by atoms with E-state index in [1.807, 2.05) is 12.4 Å². The molecule has 1 aliphatic rings. The number of nitrogens with zero attached hydrogens (tertiary/aromatic N) is 1. The van der Waals surface area contributed by atoms with Gasteiger partial charge in [0, 0.05) is 18.4 Å². The molecular weight excluding hydrogens is 232 g/mol. The zero-order valence-electron chi connectivity index (χ0n) is 11.4. The molecule has 0 saturated heterocycles. The molecule has 0 radical (unpaired) electrons. The van der Waals surface area contributed by atoms with Crippen molar-refractivity contribution in [1.82, 2.24) is 10.3 Å². The van der Waals surface area contributed by atoms with Gasteiger partial charge in [-0.15, -0.1) is 0 Å². The number of hydrogen-bond donors (Lipinski definition) is 1. The summed E-state index contributed by atoms with van der Waals surface area (Å²) >= 11 is 0. The third kappa shape index (κ3) is 2.69. The van der Waals surface area contributed by atoms with E-state index in [-0.39, 0.29) is 0 Å². The summed E-state index contributed by atoms with van der Waals surface area (Å²) in [6.45, 7) is 3.22. The molecular formula is C17H20N2. The van der Waals surface area contributed by atoms with Crippen molar-refractivity contribution in [3.8, 4) is 0 Å². The quantitative estimate of drug-likeness (QED) is 0.903. The van der Waals surface area contributed by atoms with Gasteiger partial charge < -0.3 is 5.32 Å². The molecule has 98 valence electrons. The van der Waals surface area contributed by atoms with Crippen molar-refractivity contribution in [3.63, 3.8) is 0 Å². The molecule has 0 amide bonds. The molecule has 1 N–H and O–H groups in total. The summed E-state index contributed by atoms with van der Waals surface area (Å²) in [5.41, 5.74) is 5.76. The zero-order valence-corrected chi connectivity index (χ0v) is 11.4. The Morgan fingerprint density at radius 1 is 1.16 bits per heavy atom. The Morgan fingerprint density at radius 2 is 2.00 bits per heavy atom. The highest BCUT2D eigenvalue weighted by atomic mass is 14.9. The number of aromatic nitrogens is 1. The molecule has 3 rings (SSSR count). The second-order valence-corrected chi connectivity index (χ2v) is 5.21. The number of rotatable bonds is 4. The van der Waals surface area contributed by atoms with Gasteiger partial charge in [0.05, 0.1) is 0 Å². The van der Waals surface area contributed by atoms with Gasteiger partial charge in [0.2, 0.25) is 0 Å². The van der Waals surface area contributed by atoms with Crippen molar-refractivity contribution in [2.45, 2.75) is 32.2 Å². The van der Waals surface area contributed by atoms with Crippen LogP contribution in [0.25, 0.3) is 0 Å². The molecule has 0 fully saturated rings. The fourth-order valence-corrected chi connectivity index (χ4v) is 2.98. The summed E-state index contributed by atoms with van der Waals surface area (Å²) in [4.78, 5) is 4.07. The predicted octanol–water partition coefficient (Wildman–Crippen LogP) is 3.27. The van der Waals surface area contributed by atoms with Crippen LogP contribution in [-0.4, -0.2) is 11.5 Å². The molecule has 0 spiro atoms. The first kappa shape index (κ1) is 12.4. The third-order valence-electron chi connectivity index (χ3n) is 3.89. The molecule has 19 heavy (non-hydrogen) atoms. The summed E-state index contributed by atoms with van der Waals surface area (Å²) in [6, 6.07) is 11.7. The largest absolute Gasteiger partial charge is 0.310 e. The van der Waals surface area contributed by atoms with Crippen LogP contribution in [0.3, 0.4) is 0 Å². The lowest BCUT2D eigenvalue weighted by Crippen LogP contribution is -2.18. The van der Waals surface area contributed by atoms with Gasteiger partial charge in [-0.2, -0.15) is 0 Å². The molecule has 0 aliphatic heterocycles. The van der Waals surface area contributed by atoms with Crippen LogP contribution in [0, 0.1) is 0 Å². The summed E-state index contributed by atoms with van der Waals surface area (Å²) in [6.07, 6.45) is 7.18. The van der Waals surface area contributed by atoms with E-state index in [1.165, 1.54) is 35.1 Å². The highest BCUT2D eigenvalue weighted by molar-refractivity contribution is 5.39. The summed E-state index contributed by atoms with van der Waals surface area (Å²) < 4.78 is 0. The minimum Gasteiger partial charge on any atom is -0.310 e. The molecule has 1 unspecified atom stereocenters. The van der Waals surface area contributed by atoms with Crippen LogP contribution >= 0.6 is 0 Å². The van der Waals surface area contributed by atoms with Gasteiger partial charge >= 0.3 is 0 Å². The molecule has 2 nitrogen and oxygen atoms in total. The van der Waals surface area contributed by atoms with Crippen LogP contribution in [0.4, 0.5) is 0 Å². The zero-order chi connectivity index (χ0) is 13.1. The molecule has 1 aromatic heterocycles. The Labute approximate surface area is 114 Å². The highest BCUT2D eigenvalue weighted by Crippen LogP contribution is 2.32. The second kappa shape index (κ2) is 5.54. The van der Waals surface area contributed by atoms with E-state index >= 15 is 0 Å². The summed E-state index contributed by atoms with van der Waals surface area (Å²) in [5.74, 6) is 0. The van der Waals surface area contributed by atoms with Gasteiger partial charge in [0.15, 0.2) is 0 Å². The Morgan fingerprint density at radius 3 is 2.79 bits per heavy atom. The van der Waals surface area contributed by atoms with Crippen LogP contribution in [0.1, 0.15) is 41.6 Å². The van der Waals surface area contributed by atoms with E-state index in [0.29, 0.717) is 6.04 Å². The van der Waals surface area contributed by atoms with Crippen molar-refractivity contribution in [3.05, 3.63) is 65.0 Å². The Bertz CT molecular complexity index is 548. The summed E-state index contributed by atoms with van der Waals surface area (Å²) in [7, 11) is 0. The van der Waals surface area contributed by atoms with Crippen LogP contribution < -0.4 is 5.32 Å². The maximum absolute atomic E-state index is 4.07. The molecule has 2 heteroatoms. The number of hydrogen-bond acceptors (Lipinski definition) is 2. The monoisotopic (exact) mass is 252 g/mol. The van der Waals surface area contributed by atoms with Crippen molar-refractivity contribution in [2.75, 3.05) is 6.54 Å². The van der Waals surface area contributed by atoms with Crippen molar-refractivity contribution in [2.24, 2.45) is 0 Å². The smallest absolute Gasteiger partial charge is 0.0326 e. The SMILES string of the molecule is CCNC1CCc2cc(Cc3ccncc3)ccc21. The predicted molar refractivity (Wildman–Crippen MR) is 78.2 cm³/mol. The van der Waals surface area contributed by atoms with Crippen LogP contribution in [0.15, 0.2) is 42.7 Å². The van der Waals surface area contributed by atoms with E-state index in [2.05, 4.69) is 47.6 Å². The van der Waals surface area contributed by atoms with Gasteiger partial charge in [0.1, 0.15) is 0 Å². The minimum atomic E-state index is 0.565. The standard InChI is InChI=1S/C17H20N2/c1-2-19-17-6-4-15-12-14(3-5-16(15)17)11-13-7-9-18-10-8-13/h3,5,7-10,12,17,19H,2,4,6,11H2,1H3. The highest BCUT2D eigenvalue weighted by Gasteiger charge is 2.21. The van der Waals surface area contributed by atoms with Gasteiger partial charge in [0.25, 0.3) is 0 Å². The van der Waals surface area contributed by atoms with Crippen LogP contribution in [0.5, 0.6) is 0 Å². The van der Waals surface area contributed by atoms with Crippen molar-refractivity contribution < 1.29 is 0 Å². The number of benzene rings is 1. The topological polar surface area (TPSA) is 24.9 Å². The van der Waals surface area contributed by atoms with Crippen LogP contribution in [0.2, 0.25) is 0 Å². The molecule has 1 aromatic carbocycles. The molecule has 1 atom stereocenters. The number of nitrogens with one attached hydrogen (secondary N) is 1. The number of pyridine rings is 1. The Balaban J connectivity index is 1.79. The first-order chi connectivity index (χ1) is 9.36. The fraction of sp³-hybridized carbons (Fsp3) is 0.353. The van der Waals surface area contributed by atoms with Crippen LogP contribution in [-0.2, 0) is 12.8 Å². The molecule has 0 saturated carbocycles. The van der Waals surface area contributed by atoms with Gasteiger partial charge in [-0.3, -0.25) is 4.98 Å². The van der Waals surface area contributed by atoms with E-state index in [1.54, 1.807) is 0 Å². The normalized spacial score (nSPS) is 17.4. The molecule has 1 heterocycles. The lowest BCUT2D eigenvalue weighted by molar-refractivity contribution is 0.549. The molecule has 0 bridgehead atoms. The lowest BCUT2D eigenvalue weighted by Gasteiger charge is -2.12. The van der Waals surface area contributed by atoms with E-state index in [4.69, 9.17) is 0 Å². The second-order valence-electron chi connectivity index (χ2n) is 5.21. The minimum absolute atomic E-state index is 0.565. The fourth-order valence-electron chi connectivity index (χ4n) is 2.98. The molecule has 2 aromatic rings. The Hall–Kier alpha value is -1.67. The first-order valence-corrected chi connectivity index (χ1v) is 7.11. The van der Waals surface area contributed by atoms with E-state index in [9.17, 15) is 0 Å². The van der Waals surface area contributed by atoms with E-state index in [0.717, 1.165) is 13.0 Å². The van der Waals surface area contributed by atoms with Crippen molar-refractivity contribution >= 4 is 0 Å². The van der Waals surface area contributed by atoms with Crippen molar-refractivity contribution in [1.29, 1.82) is 0 Å². The lowest BCUT2D eigenvalue weighted by atomic mass is 10.0. The van der Waals surface area contributed by atoms with Gasteiger partial charge in [-0.05, 0) is 60.2 Å². The van der Waals surface area contributed by atoms with Gasteiger partial charge in [-0.25, -0.2) is 0 Å². The van der Waals surface area contributed by atoms with E-state index < -0.39 is 0 Å². The summed E-state index contributed by atoms with van der Waals surface area (Å²) in [5, 5.41) is 3.56.